The normalized spacial score (nSPS) is 20.6. The largest absolute Gasteiger partial charge is 0.489 e. The van der Waals surface area contributed by atoms with Crippen LogP contribution in [-0.4, -0.2) is 28.7 Å². The van der Waals surface area contributed by atoms with E-state index in [-0.39, 0.29) is 24.6 Å². The highest BCUT2D eigenvalue weighted by Gasteiger charge is 2.26. The van der Waals surface area contributed by atoms with E-state index in [1.165, 1.54) is 16.7 Å². The minimum absolute atomic E-state index is 0.0233. The Morgan fingerprint density at radius 3 is 3.00 bits per heavy atom. The Bertz CT molecular complexity index is 1010. The van der Waals surface area contributed by atoms with E-state index < -0.39 is 5.97 Å². The number of hydrogen-bond donors (Lipinski definition) is 3. The second-order valence-electron chi connectivity index (χ2n) is 8.03. The van der Waals surface area contributed by atoms with Crippen LogP contribution in [0.2, 0.25) is 0 Å². The highest BCUT2D eigenvalue weighted by molar-refractivity contribution is 7.15. The third-order valence-electron chi connectivity index (χ3n) is 5.48. The first-order chi connectivity index (χ1) is 14.4. The van der Waals surface area contributed by atoms with Crippen LogP contribution in [0.15, 0.2) is 48.0 Å². The number of nitrogens with zero attached hydrogens (tertiary/aromatic N) is 1. The number of hydrogen-bond acceptors (Lipinski definition) is 6. The fraction of sp³-hybridized carbons (Fsp3) is 0.391. The first kappa shape index (κ1) is 20.6. The van der Waals surface area contributed by atoms with E-state index in [0.29, 0.717) is 6.42 Å². The molecular weight excluding hydrogens is 398 g/mol. The van der Waals surface area contributed by atoms with Crippen molar-refractivity contribution >= 4 is 17.3 Å². The van der Waals surface area contributed by atoms with Gasteiger partial charge in [0, 0.05) is 24.6 Å². The van der Waals surface area contributed by atoms with Crippen LogP contribution in [0.5, 0.6) is 0 Å². The second-order valence-corrected chi connectivity index (χ2v) is 9.09. The van der Waals surface area contributed by atoms with E-state index in [2.05, 4.69) is 23.5 Å². The Kier molecular flexibility index (Phi) is 5.92. The van der Waals surface area contributed by atoms with Crippen molar-refractivity contribution in [3.63, 3.8) is 0 Å². The van der Waals surface area contributed by atoms with Crippen molar-refractivity contribution in [3.8, 4) is 10.4 Å². The van der Waals surface area contributed by atoms with Gasteiger partial charge in [-0.2, -0.15) is 0 Å². The summed E-state index contributed by atoms with van der Waals surface area (Å²) in [6.45, 7) is 3.96. The monoisotopic (exact) mass is 425 g/mol. The summed E-state index contributed by atoms with van der Waals surface area (Å²) in [5.74, 6) is 0.0892. The van der Waals surface area contributed by atoms with Gasteiger partial charge in [-0.1, -0.05) is 24.3 Å². The molecule has 0 amide bonds. The second kappa shape index (κ2) is 8.62. The van der Waals surface area contributed by atoms with Crippen LogP contribution in [0.4, 0.5) is 0 Å². The van der Waals surface area contributed by atoms with Gasteiger partial charge in [-0.25, -0.2) is 4.98 Å². The van der Waals surface area contributed by atoms with Crippen molar-refractivity contribution < 1.29 is 14.6 Å². The predicted molar refractivity (Wildman–Crippen MR) is 118 cm³/mol. The molecule has 4 rings (SSSR count). The molecule has 0 aliphatic heterocycles. The molecule has 2 atom stereocenters. The zero-order valence-corrected chi connectivity index (χ0v) is 18.0. The summed E-state index contributed by atoms with van der Waals surface area (Å²) in [5, 5.41) is 13.2. The van der Waals surface area contributed by atoms with Crippen LogP contribution in [0.25, 0.3) is 10.4 Å². The van der Waals surface area contributed by atoms with E-state index in [9.17, 15) is 4.79 Å². The van der Waals surface area contributed by atoms with Gasteiger partial charge in [0.15, 0.2) is 0 Å². The van der Waals surface area contributed by atoms with Crippen LogP contribution in [0.3, 0.4) is 0 Å². The molecule has 0 radical (unpaired) electrons. The van der Waals surface area contributed by atoms with Crippen LogP contribution in [-0.2, 0) is 16.0 Å². The number of fused-ring (bicyclic) bond motifs is 1. The van der Waals surface area contributed by atoms with Crippen molar-refractivity contribution in [1.82, 2.24) is 10.3 Å². The van der Waals surface area contributed by atoms with Gasteiger partial charge in [-0.05, 0) is 49.5 Å². The predicted octanol–water partition coefficient (Wildman–Crippen LogP) is 4.11. The molecule has 2 aliphatic carbocycles. The average Bonchev–Trinajstić information content (AvgIpc) is 3.34. The van der Waals surface area contributed by atoms with E-state index in [4.69, 9.17) is 20.6 Å². The molecule has 0 saturated carbocycles. The summed E-state index contributed by atoms with van der Waals surface area (Å²) in [5.41, 5.74) is 10.7. The summed E-state index contributed by atoms with van der Waals surface area (Å²) in [6, 6.07) is 6.37. The van der Waals surface area contributed by atoms with E-state index >= 15 is 0 Å². The van der Waals surface area contributed by atoms with Gasteiger partial charge in [-0.15, -0.1) is 11.3 Å². The lowest BCUT2D eigenvalue weighted by Gasteiger charge is -2.20. The zero-order chi connectivity index (χ0) is 21.3. The molecule has 1 unspecified atom stereocenters. The van der Waals surface area contributed by atoms with Gasteiger partial charge < -0.3 is 20.9 Å². The number of nitrogens with one attached hydrogen (secondary N) is 1. The van der Waals surface area contributed by atoms with Gasteiger partial charge in [0.05, 0.1) is 23.2 Å². The number of rotatable bonds is 7. The topological polar surface area (TPSA) is 97.5 Å². The Morgan fingerprint density at radius 2 is 2.27 bits per heavy atom. The number of thiazole rings is 1. The van der Waals surface area contributed by atoms with E-state index in [1.807, 2.05) is 32.2 Å². The summed E-state index contributed by atoms with van der Waals surface area (Å²) in [7, 11) is 0. The maximum atomic E-state index is 10.9. The lowest BCUT2D eigenvalue weighted by molar-refractivity contribution is -0.136. The number of carboxylic acid groups (broad SMARTS) is 1. The molecule has 0 saturated heterocycles. The Morgan fingerprint density at radius 1 is 1.43 bits per heavy atom. The lowest BCUT2D eigenvalue weighted by Crippen LogP contribution is -2.25. The number of aliphatic carboxylic acids is 1. The molecule has 7 heteroatoms. The molecule has 1 aromatic heterocycles. The van der Waals surface area contributed by atoms with Crippen molar-refractivity contribution in [2.75, 3.05) is 6.54 Å². The minimum Gasteiger partial charge on any atom is -0.489 e. The smallest absolute Gasteiger partial charge is 0.317 e. The van der Waals surface area contributed by atoms with Crippen molar-refractivity contribution in [3.05, 3.63) is 64.1 Å². The molecule has 158 valence electrons. The number of nitrogens with two attached hydrogens (primary N) is 1. The van der Waals surface area contributed by atoms with Crippen LogP contribution >= 0.6 is 11.3 Å². The standard InChI is InChI=1S/C23H27N3O3S/c1-13(2)29-20-9-6-14(10-18(20)24)23-26-11-21(30-23)17-5-3-4-16-15(17)7-8-19(16)25-12-22(27)28/h3-6,9,11,13-14,19,25H,7-8,10,12,24H2,1-2H3,(H,27,28)/t14?,19-/m0/s1. The number of carboxylic acids is 1. The Balaban J connectivity index is 1.53. The molecule has 6 nitrogen and oxygen atoms in total. The number of carbonyl (C=O) groups is 1. The van der Waals surface area contributed by atoms with Gasteiger partial charge in [0.1, 0.15) is 10.8 Å². The molecule has 30 heavy (non-hydrogen) atoms. The highest BCUT2D eigenvalue weighted by atomic mass is 32.1. The summed E-state index contributed by atoms with van der Waals surface area (Å²) in [4.78, 5) is 16.7. The third-order valence-corrected chi connectivity index (χ3v) is 6.64. The Hall–Kier alpha value is -2.64. The molecule has 1 heterocycles. The number of aromatic nitrogens is 1. The maximum absolute atomic E-state index is 10.9. The Labute approximate surface area is 180 Å². The van der Waals surface area contributed by atoms with Gasteiger partial charge in [0.25, 0.3) is 0 Å². The molecule has 2 aliphatic rings. The fourth-order valence-electron chi connectivity index (χ4n) is 4.15. The first-order valence-electron chi connectivity index (χ1n) is 10.3. The van der Waals surface area contributed by atoms with E-state index in [1.54, 1.807) is 11.3 Å². The number of allylic oxidation sites excluding steroid dienone is 3. The molecule has 0 spiro atoms. The quantitative estimate of drug-likeness (QED) is 0.618. The average molecular weight is 426 g/mol. The maximum Gasteiger partial charge on any atom is 0.317 e. The van der Waals surface area contributed by atoms with Crippen LogP contribution < -0.4 is 11.1 Å². The van der Waals surface area contributed by atoms with Crippen LogP contribution in [0.1, 0.15) is 54.8 Å². The highest BCUT2D eigenvalue weighted by Crippen LogP contribution is 2.41. The SMILES string of the molecule is CC(C)OC1=C(N)CC(c2ncc(-c3cccc4c3CC[C@@H]4NCC(=O)O)s2)C=C1. The summed E-state index contributed by atoms with van der Waals surface area (Å²) < 4.78 is 5.77. The van der Waals surface area contributed by atoms with E-state index in [0.717, 1.165) is 34.2 Å². The fourth-order valence-corrected chi connectivity index (χ4v) is 5.20. The van der Waals surface area contributed by atoms with Crippen molar-refractivity contribution in [2.45, 2.75) is 51.2 Å². The van der Waals surface area contributed by atoms with Gasteiger partial charge in [0.2, 0.25) is 0 Å². The molecule has 4 N–H and O–H groups in total. The minimum atomic E-state index is -0.831. The van der Waals surface area contributed by atoms with Crippen molar-refractivity contribution in [2.24, 2.45) is 5.73 Å². The van der Waals surface area contributed by atoms with Gasteiger partial charge in [-0.3, -0.25) is 4.79 Å². The number of benzene rings is 1. The molecular formula is C23H27N3O3S. The zero-order valence-electron chi connectivity index (χ0n) is 17.2. The van der Waals surface area contributed by atoms with Gasteiger partial charge >= 0.3 is 5.97 Å². The molecule has 2 aromatic rings. The summed E-state index contributed by atoms with van der Waals surface area (Å²) >= 11 is 1.70. The molecule has 1 aromatic carbocycles. The third kappa shape index (κ3) is 4.27. The number of ether oxygens (including phenoxy) is 1. The van der Waals surface area contributed by atoms with Crippen LogP contribution in [0, 0.1) is 0 Å². The molecule has 0 bridgehead atoms. The lowest BCUT2D eigenvalue weighted by atomic mass is 9.98. The summed E-state index contributed by atoms with van der Waals surface area (Å²) in [6.07, 6.45) is 8.68. The van der Waals surface area contributed by atoms with Crippen molar-refractivity contribution in [1.29, 1.82) is 0 Å². The molecule has 0 fully saturated rings. The first-order valence-corrected chi connectivity index (χ1v) is 11.1.